The molecule has 0 N–H and O–H groups in total. The van der Waals surface area contributed by atoms with E-state index in [0.29, 0.717) is 33.9 Å². The van der Waals surface area contributed by atoms with Gasteiger partial charge in [0.15, 0.2) is 11.4 Å². The molecule has 1 spiro atoms. The van der Waals surface area contributed by atoms with E-state index in [0.717, 1.165) is 5.56 Å². The minimum absolute atomic E-state index is 0.0924. The zero-order valence-corrected chi connectivity index (χ0v) is 18.7. The molecule has 0 aliphatic carbocycles. The van der Waals surface area contributed by atoms with E-state index in [1.165, 1.54) is 31.2 Å². The van der Waals surface area contributed by atoms with Crippen molar-refractivity contribution in [1.82, 2.24) is 0 Å². The van der Waals surface area contributed by atoms with E-state index in [9.17, 15) is 14.4 Å². The van der Waals surface area contributed by atoms with E-state index in [2.05, 4.69) is 0 Å². The van der Waals surface area contributed by atoms with E-state index >= 15 is 0 Å². The first-order valence-corrected chi connectivity index (χ1v) is 10.5. The van der Waals surface area contributed by atoms with Crippen molar-refractivity contribution >= 4 is 41.6 Å². The summed E-state index contributed by atoms with van der Waals surface area (Å²) in [6.07, 6.45) is 0. The second-order valence-electron chi connectivity index (χ2n) is 7.56. The molecule has 33 heavy (non-hydrogen) atoms. The van der Waals surface area contributed by atoms with Crippen LogP contribution in [-0.4, -0.2) is 18.4 Å². The predicted octanol–water partition coefficient (Wildman–Crippen LogP) is 5.33. The molecule has 9 heteroatoms. The molecule has 0 amide bonds. The Balaban J connectivity index is 1.86. The molecule has 1 atom stereocenters. The second-order valence-corrected chi connectivity index (χ2v) is 8.38. The predicted molar refractivity (Wildman–Crippen MR) is 117 cm³/mol. The van der Waals surface area contributed by atoms with Crippen molar-refractivity contribution in [3.05, 3.63) is 80.3 Å². The molecule has 166 valence electrons. The fourth-order valence-electron chi connectivity index (χ4n) is 4.18. The monoisotopic (exact) mass is 484 g/mol. The lowest BCUT2D eigenvalue weighted by Crippen LogP contribution is -2.33. The maximum Gasteiger partial charge on any atom is 0.340 e. The molecule has 3 aromatic carbocycles. The number of hydrogen-bond donors (Lipinski definition) is 0. The zero-order chi connectivity index (χ0) is 23.5. The Labute approximate surface area is 197 Å². The highest BCUT2D eigenvalue weighted by atomic mass is 35.5. The summed E-state index contributed by atoms with van der Waals surface area (Å²) in [6.45, 7) is 3.35. The van der Waals surface area contributed by atoms with Gasteiger partial charge in [-0.25, -0.2) is 4.79 Å². The Kier molecular flexibility index (Phi) is 4.84. The van der Waals surface area contributed by atoms with Gasteiger partial charge >= 0.3 is 11.9 Å². The van der Waals surface area contributed by atoms with Gasteiger partial charge in [0, 0.05) is 34.7 Å². The number of ether oxygens (including phenoxy) is 4. The van der Waals surface area contributed by atoms with Crippen molar-refractivity contribution in [2.24, 2.45) is 0 Å². The van der Waals surface area contributed by atoms with Gasteiger partial charge < -0.3 is 18.9 Å². The van der Waals surface area contributed by atoms with Crippen LogP contribution in [0.4, 0.5) is 0 Å². The number of benzene rings is 3. The second kappa shape index (κ2) is 7.50. The molecule has 7 nitrogen and oxygen atoms in total. The quantitative estimate of drug-likeness (QED) is 0.282. The number of fused-ring (bicyclic) bond motifs is 6. The first-order valence-electron chi connectivity index (χ1n) is 9.73. The van der Waals surface area contributed by atoms with Crippen LogP contribution < -0.4 is 14.2 Å². The largest absolute Gasteiger partial charge is 0.456 e. The fraction of sp³-hybridized carbons (Fsp3) is 0.125. The standard InChI is InChI=1S/C24H14Cl2O7/c1-11-5-20-16(7-18(11)25)24(15-6-13(30-10-27)3-4-14(15)23(29)33-24)17-8-19(26)22(31-12(2)28)9-21(17)32-20/h3-10H,1-2H3. The third-order valence-corrected chi connectivity index (χ3v) is 6.25. The highest BCUT2D eigenvalue weighted by Crippen LogP contribution is 2.58. The number of esters is 2. The molecule has 0 fully saturated rings. The topological polar surface area (TPSA) is 88.1 Å². The first-order chi connectivity index (χ1) is 15.7. The molecule has 1 unspecified atom stereocenters. The van der Waals surface area contributed by atoms with Gasteiger partial charge in [-0.1, -0.05) is 23.2 Å². The van der Waals surface area contributed by atoms with Gasteiger partial charge in [0.25, 0.3) is 6.47 Å². The Bertz CT molecular complexity index is 1380. The van der Waals surface area contributed by atoms with Crippen molar-refractivity contribution in [3.63, 3.8) is 0 Å². The molecule has 2 aliphatic heterocycles. The third kappa shape index (κ3) is 3.15. The number of aryl methyl sites for hydroxylation is 1. The number of rotatable bonds is 3. The molecule has 0 radical (unpaired) electrons. The summed E-state index contributed by atoms with van der Waals surface area (Å²) in [5.74, 6) is -0.168. The molecule has 2 heterocycles. The van der Waals surface area contributed by atoms with Gasteiger partial charge in [0.2, 0.25) is 0 Å². The summed E-state index contributed by atoms with van der Waals surface area (Å²) in [6, 6.07) is 10.9. The van der Waals surface area contributed by atoms with Crippen LogP contribution in [-0.2, 0) is 19.9 Å². The number of carbonyl (C=O) groups is 3. The Morgan fingerprint density at radius 2 is 1.70 bits per heavy atom. The lowest BCUT2D eigenvalue weighted by molar-refractivity contribution is -0.131. The lowest BCUT2D eigenvalue weighted by Gasteiger charge is -2.37. The Hall–Kier alpha value is -3.55. The highest BCUT2D eigenvalue weighted by molar-refractivity contribution is 6.32. The van der Waals surface area contributed by atoms with Gasteiger partial charge in [-0.05, 0) is 48.9 Å². The minimum Gasteiger partial charge on any atom is -0.456 e. The van der Waals surface area contributed by atoms with Crippen LogP contribution in [0.2, 0.25) is 10.0 Å². The van der Waals surface area contributed by atoms with E-state index in [-0.39, 0.29) is 27.8 Å². The number of halogens is 2. The van der Waals surface area contributed by atoms with Gasteiger partial charge in [0.05, 0.1) is 10.6 Å². The first kappa shape index (κ1) is 21.3. The summed E-state index contributed by atoms with van der Waals surface area (Å²) >= 11 is 12.9. The molecule has 0 aromatic heterocycles. The van der Waals surface area contributed by atoms with E-state index in [1.54, 1.807) is 18.2 Å². The highest BCUT2D eigenvalue weighted by Gasteiger charge is 2.54. The van der Waals surface area contributed by atoms with Gasteiger partial charge in [-0.15, -0.1) is 0 Å². The van der Waals surface area contributed by atoms with Crippen molar-refractivity contribution in [2.45, 2.75) is 19.4 Å². The Morgan fingerprint density at radius 3 is 2.39 bits per heavy atom. The molecular formula is C24H14Cl2O7. The number of carbonyl (C=O) groups excluding carboxylic acids is 3. The molecule has 5 rings (SSSR count). The Morgan fingerprint density at radius 1 is 1.00 bits per heavy atom. The fourth-order valence-corrected chi connectivity index (χ4v) is 4.54. The summed E-state index contributed by atoms with van der Waals surface area (Å²) in [5, 5.41) is 0.547. The van der Waals surface area contributed by atoms with E-state index in [1.807, 2.05) is 6.92 Å². The lowest BCUT2D eigenvalue weighted by atomic mass is 9.77. The minimum atomic E-state index is -1.49. The molecule has 0 saturated carbocycles. The van der Waals surface area contributed by atoms with Gasteiger partial charge in [0.1, 0.15) is 17.2 Å². The van der Waals surface area contributed by atoms with Crippen LogP contribution in [0.15, 0.2) is 42.5 Å². The molecule has 0 saturated heterocycles. The van der Waals surface area contributed by atoms with Crippen molar-refractivity contribution in [2.75, 3.05) is 0 Å². The smallest absolute Gasteiger partial charge is 0.340 e. The van der Waals surface area contributed by atoms with E-state index in [4.69, 9.17) is 42.1 Å². The SMILES string of the molecule is CC(=O)Oc1cc2c(cc1Cl)C1(OC(=O)c3ccc(OC=O)cc31)c1cc(Cl)c(C)cc1O2. The average Bonchev–Trinajstić information content (AvgIpc) is 3.04. The maximum absolute atomic E-state index is 13.0. The van der Waals surface area contributed by atoms with Crippen LogP contribution in [0.5, 0.6) is 23.0 Å². The van der Waals surface area contributed by atoms with Crippen molar-refractivity contribution in [3.8, 4) is 23.0 Å². The molecule has 0 bridgehead atoms. The van der Waals surface area contributed by atoms with Crippen molar-refractivity contribution < 1.29 is 33.3 Å². The van der Waals surface area contributed by atoms with Crippen molar-refractivity contribution in [1.29, 1.82) is 0 Å². The molecule has 2 aliphatic rings. The normalized spacial score (nSPS) is 17.4. The zero-order valence-electron chi connectivity index (χ0n) is 17.2. The maximum atomic E-state index is 13.0. The van der Waals surface area contributed by atoms with Crippen LogP contribution in [0.1, 0.15) is 39.5 Å². The van der Waals surface area contributed by atoms with Crippen LogP contribution in [0.25, 0.3) is 0 Å². The molecular weight excluding hydrogens is 471 g/mol. The van der Waals surface area contributed by atoms with Crippen LogP contribution >= 0.6 is 23.2 Å². The third-order valence-electron chi connectivity index (χ3n) is 5.55. The van der Waals surface area contributed by atoms with Gasteiger partial charge in [-0.2, -0.15) is 0 Å². The van der Waals surface area contributed by atoms with Gasteiger partial charge in [-0.3, -0.25) is 9.59 Å². The van der Waals surface area contributed by atoms with Crippen LogP contribution in [0, 0.1) is 6.92 Å². The summed E-state index contributed by atoms with van der Waals surface area (Å²) in [4.78, 5) is 35.4. The summed E-state index contributed by atoms with van der Waals surface area (Å²) < 4.78 is 22.4. The van der Waals surface area contributed by atoms with E-state index < -0.39 is 17.5 Å². The van der Waals surface area contributed by atoms with Crippen LogP contribution in [0.3, 0.4) is 0 Å². The summed E-state index contributed by atoms with van der Waals surface area (Å²) in [5.41, 5.74) is 0.819. The number of hydrogen-bond acceptors (Lipinski definition) is 7. The summed E-state index contributed by atoms with van der Waals surface area (Å²) in [7, 11) is 0. The average molecular weight is 485 g/mol. The molecule has 3 aromatic rings.